The van der Waals surface area contributed by atoms with Crippen LogP contribution in [0, 0.1) is 11.3 Å². The van der Waals surface area contributed by atoms with E-state index in [9.17, 15) is 9.59 Å². The number of amides is 1. The molecule has 138 valence electrons. The maximum Gasteiger partial charge on any atom is 0.308 e. The largest absolute Gasteiger partial charge is 0.481 e. The van der Waals surface area contributed by atoms with Crippen molar-refractivity contribution in [3.63, 3.8) is 0 Å². The summed E-state index contributed by atoms with van der Waals surface area (Å²) in [7, 11) is 0. The monoisotopic (exact) mass is 357 g/mol. The number of benzene rings is 1. The number of carboxylic acids is 1. The van der Waals surface area contributed by atoms with E-state index in [4.69, 9.17) is 9.63 Å². The van der Waals surface area contributed by atoms with Gasteiger partial charge in [-0.2, -0.15) is 4.98 Å². The number of aromatic nitrogens is 2. The summed E-state index contributed by atoms with van der Waals surface area (Å²) in [5.41, 5.74) is 1.24. The van der Waals surface area contributed by atoms with E-state index in [0.717, 1.165) is 0 Å². The Morgan fingerprint density at radius 1 is 1.35 bits per heavy atom. The lowest BCUT2D eigenvalue weighted by molar-refractivity contribution is -0.141. The highest BCUT2D eigenvalue weighted by Crippen LogP contribution is 2.24. The molecule has 1 N–H and O–H groups in total. The third-order valence-electron chi connectivity index (χ3n) is 4.34. The standard InChI is InChI=1S/C19H23N3O4/c1-19(2,3)10-15-20-16(21-26-15)12-5-4-6-13(9-12)17(23)22-8-7-14(11-22)18(24)25/h4-6,9,14H,7-8,10-11H2,1-3H3,(H,24,25). The van der Waals surface area contributed by atoms with Crippen LogP contribution in [0.2, 0.25) is 0 Å². The van der Waals surface area contributed by atoms with Crippen LogP contribution in [-0.4, -0.2) is 45.1 Å². The first-order valence-electron chi connectivity index (χ1n) is 8.68. The summed E-state index contributed by atoms with van der Waals surface area (Å²) < 4.78 is 5.31. The molecular weight excluding hydrogens is 334 g/mol. The van der Waals surface area contributed by atoms with Crippen molar-refractivity contribution < 1.29 is 19.2 Å². The number of carbonyl (C=O) groups is 2. The van der Waals surface area contributed by atoms with Crippen LogP contribution in [0.1, 0.15) is 43.4 Å². The van der Waals surface area contributed by atoms with Crippen molar-refractivity contribution >= 4 is 11.9 Å². The van der Waals surface area contributed by atoms with Gasteiger partial charge in [0.15, 0.2) is 0 Å². The van der Waals surface area contributed by atoms with Crippen LogP contribution in [0.15, 0.2) is 28.8 Å². The van der Waals surface area contributed by atoms with Crippen molar-refractivity contribution in [1.29, 1.82) is 0 Å². The Morgan fingerprint density at radius 2 is 2.12 bits per heavy atom. The molecule has 7 heteroatoms. The van der Waals surface area contributed by atoms with Crippen LogP contribution in [-0.2, 0) is 11.2 Å². The van der Waals surface area contributed by atoms with E-state index < -0.39 is 11.9 Å². The molecule has 2 aromatic rings. The summed E-state index contributed by atoms with van der Waals surface area (Å²) in [6.45, 7) is 6.98. The summed E-state index contributed by atoms with van der Waals surface area (Å²) >= 11 is 0. The molecule has 0 aliphatic carbocycles. The Balaban J connectivity index is 1.76. The first kappa shape index (κ1) is 18.1. The van der Waals surface area contributed by atoms with E-state index in [-0.39, 0.29) is 17.9 Å². The summed E-state index contributed by atoms with van der Waals surface area (Å²) in [6.07, 6.45) is 1.16. The number of carboxylic acid groups (broad SMARTS) is 1. The predicted octanol–water partition coefficient (Wildman–Crippen LogP) is 2.87. The number of aliphatic carboxylic acids is 1. The molecule has 26 heavy (non-hydrogen) atoms. The molecule has 1 unspecified atom stereocenters. The molecule has 1 aliphatic rings. The Labute approximate surface area is 152 Å². The van der Waals surface area contributed by atoms with Crippen LogP contribution in [0.5, 0.6) is 0 Å². The fourth-order valence-electron chi connectivity index (χ4n) is 3.02. The van der Waals surface area contributed by atoms with Gasteiger partial charge in [-0.15, -0.1) is 0 Å². The molecule has 7 nitrogen and oxygen atoms in total. The average Bonchev–Trinajstić information content (AvgIpc) is 3.22. The molecule has 1 saturated heterocycles. The summed E-state index contributed by atoms with van der Waals surface area (Å²) in [5, 5.41) is 13.1. The minimum absolute atomic E-state index is 0.0397. The first-order valence-corrected chi connectivity index (χ1v) is 8.68. The number of rotatable bonds is 4. The van der Waals surface area contributed by atoms with Crippen LogP contribution < -0.4 is 0 Å². The predicted molar refractivity (Wildman–Crippen MR) is 94.5 cm³/mol. The van der Waals surface area contributed by atoms with Gasteiger partial charge in [-0.1, -0.05) is 38.1 Å². The lowest BCUT2D eigenvalue weighted by Crippen LogP contribution is -2.29. The van der Waals surface area contributed by atoms with Gasteiger partial charge in [0.25, 0.3) is 5.91 Å². The van der Waals surface area contributed by atoms with Gasteiger partial charge in [-0.25, -0.2) is 0 Å². The van der Waals surface area contributed by atoms with E-state index in [1.165, 1.54) is 0 Å². The highest BCUT2D eigenvalue weighted by molar-refractivity contribution is 5.95. The molecule has 1 aromatic carbocycles. The third-order valence-corrected chi connectivity index (χ3v) is 4.34. The van der Waals surface area contributed by atoms with Gasteiger partial charge < -0.3 is 14.5 Å². The van der Waals surface area contributed by atoms with Gasteiger partial charge in [0.2, 0.25) is 11.7 Å². The Bertz CT molecular complexity index is 822. The molecule has 0 bridgehead atoms. The maximum absolute atomic E-state index is 12.7. The lowest BCUT2D eigenvalue weighted by atomic mass is 9.92. The molecule has 2 heterocycles. The Morgan fingerprint density at radius 3 is 2.77 bits per heavy atom. The molecule has 0 radical (unpaired) electrons. The highest BCUT2D eigenvalue weighted by Gasteiger charge is 2.31. The molecule has 3 rings (SSSR count). The minimum Gasteiger partial charge on any atom is -0.481 e. The zero-order chi connectivity index (χ0) is 18.9. The normalized spacial score (nSPS) is 17.5. The van der Waals surface area contributed by atoms with Crippen LogP contribution >= 0.6 is 0 Å². The smallest absolute Gasteiger partial charge is 0.308 e. The van der Waals surface area contributed by atoms with E-state index in [0.29, 0.717) is 42.2 Å². The maximum atomic E-state index is 12.7. The molecule has 1 amide bonds. The number of likely N-dealkylation sites (tertiary alicyclic amines) is 1. The van der Waals surface area contributed by atoms with Gasteiger partial charge in [0.1, 0.15) is 0 Å². The number of hydrogen-bond donors (Lipinski definition) is 1. The van der Waals surface area contributed by atoms with Crippen molar-refractivity contribution in [3.05, 3.63) is 35.7 Å². The van der Waals surface area contributed by atoms with Gasteiger partial charge in [0, 0.05) is 30.6 Å². The Kier molecular flexibility index (Phi) is 4.80. The zero-order valence-electron chi connectivity index (χ0n) is 15.2. The minimum atomic E-state index is -0.854. The van der Waals surface area contributed by atoms with E-state index in [1.54, 1.807) is 23.1 Å². The van der Waals surface area contributed by atoms with Crippen LogP contribution in [0.4, 0.5) is 0 Å². The second-order valence-electron chi connectivity index (χ2n) is 7.90. The van der Waals surface area contributed by atoms with Gasteiger partial charge >= 0.3 is 5.97 Å². The molecule has 0 spiro atoms. The van der Waals surface area contributed by atoms with Crippen molar-refractivity contribution in [1.82, 2.24) is 15.0 Å². The molecular formula is C19H23N3O4. The van der Waals surface area contributed by atoms with E-state index >= 15 is 0 Å². The fourth-order valence-corrected chi connectivity index (χ4v) is 3.02. The van der Waals surface area contributed by atoms with E-state index in [1.807, 2.05) is 6.07 Å². The topological polar surface area (TPSA) is 96.5 Å². The number of hydrogen-bond acceptors (Lipinski definition) is 5. The summed E-state index contributed by atoms with van der Waals surface area (Å²) in [6, 6.07) is 7.04. The van der Waals surface area contributed by atoms with Crippen LogP contribution in [0.25, 0.3) is 11.4 Å². The van der Waals surface area contributed by atoms with Gasteiger partial charge in [-0.3, -0.25) is 9.59 Å². The fraction of sp³-hybridized carbons (Fsp3) is 0.474. The SMILES string of the molecule is CC(C)(C)Cc1nc(-c2cccc(C(=O)N3CCC(C(=O)O)C3)c2)no1. The molecule has 1 atom stereocenters. The van der Waals surface area contributed by atoms with Gasteiger partial charge in [-0.05, 0) is 24.0 Å². The Hall–Kier alpha value is -2.70. The highest BCUT2D eigenvalue weighted by atomic mass is 16.5. The lowest BCUT2D eigenvalue weighted by Gasteiger charge is -2.16. The van der Waals surface area contributed by atoms with Gasteiger partial charge in [0.05, 0.1) is 5.92 Å². The zero-order valence-corrected chi connectivity index (χ0v) is 15.2. The average molecular weight is 357 g/mol. The molecule has 1 aromatic heterocycles. The number of nitrogens with zero attached hydrogens (tertiary/aromatic N) is 3. The molecule has 1 fully saturated rings. The molecule has 1 aliphatic heterocycles. The summed E-state index contributed by atoms with van der Waals surface area (Å²) in [4.78, 5) is 29.7. The first-order chi connectivity index (χ1) is 12.2. The van der Waals surface area contributed by atoms with Crippen molar-refractivity contribution in [3.8, 4) is 11.4 Å². The number of carbonyl (C=O) groups excluding carboxylic acids is 1. The van der Waals surface area contributed by atoms with Crippen LogP contribution in [0.3, 0.4) is 0 Å². The quantitative estimate of drug-likeness (QED) is 0.904. The molecule has 0 saturated carbocycles. The third kappa shape index (κ3) is 4.09. The van der Waals surface area contributed by atoms with Crippen molar-refractivity contribution in [2.75, 3.05) is 13.1 Å². The second kappa shape index (κ2) is 6.90. The van der Waals surface area contributed by atoms with Crippen molar-refractivity contribution in [2.24, 2.45) is 11.3 Å². The van der Waals surface area contributed by atoms with E-state index in [2.05, 4.69) is 30.9 Å². The van der Waals surface area contributed by atoms with Crippen molar-refractivity contribution in [2.45, 2.75) is 33.6 Å². The summed E-state index contributed by atoms with van der Waals surface area (Å²) in [5.74, 6) is -0.502. The second-order valence-corrected chi connectivity index (χ2v) is 7.90.